The molecule has 0 saturated carbocycles. The van der Waals surface area contributed by atoms with Gasteiger partial charge in [0.25, 0.3) is 0 Å². The molecular weight excluding hydrogens is 695 g/mol. The van der Waals surface area contributed by atoms with Crippen LogP contribution in [0.4, 0.5) is 0 Å². The van der Waals surface area contributed by atoms with Gasteiger partial charge in [-0.2, -0.15) is 0 Å². The molecule has 9 heteroatoms. The molecule has 55 heavy (non-hydrogen) atoms. The second kappa shape index (κ2) is 40.1. The van der Waals surface area contributed by atoms with Crippen LogP contribution in [0.5, 0.6) is 0 Å². The van der Waals surface area contributed by atoms with Gasteiger partial charge in [-0.3, -0.25) is 19.2 Å². The number of hydrogen-bond acceptors (Lipinski definition) is 9. The van der Waals surface area contributed by atoms with E-state index < -0.39 is 12.1 Å². The number of carbonyl (C=O) groups excluding carboxylic acids is 4. The predicted molar refractivity (Wildman–Crippen MR) is 225 cm³/mol. The fraction of sp³-hybridized carbons (Fsp3) is 0.913. The van der Waals surface area contributed by atoms with Gasteiger partial charge in [0.05, 0.1) is 12.5 Å². The lowest BCUT2D eigenvalue weighted by Gasteiger charge is -2.18. The molecule has 324 valence electrons. The molecule has 0 amide bonds. The zero-order chi connectivity index (χ0) is 40.6. The summed E-state index contributed by atoms with van der Waals surface area (Å²) in [6.07, 6.45) is 31.1. The number of ether oxygens (including phenoxy) is 4. The van der Waals surface area contributed by atoms with E-state index in [1.165, 1.54) is 103 Å². The van der Waals surface area contributed by atoms with Crippen LogP contribution in [-0.4, -0.2) is 75.3 Å². The van der Waals surface area contributed by atoms with Gasteiger partial charge in [-0.25, -0.2) is 0 Å². The lowest BCUT2D eigenvalue weighted by molar-refractivity contribution is -0.167. The number of carbonyl (C=O) groups is 4. The van der Waals surface area contributed by atoms with Gasteiger partial charge < -0.3 is 23.8 Å². The molecule has 0 spiro atoms. The Hall–Kier alpha value is -2.16. The van der Waals surface area contributed by atoms with Gasteiger partial charge in [0, 0.05) is 19.3 Å². The summed E-state index contributed by atoms with van der Waals surface area (Å²) in [5.74, 6) is -1.32. The summed E-state index contributed by atoms with van der Waals surface area (Å²) in [6, 6.07) is 0. The van der Waals surface area contributed by atoms with E-state index in [0.717, 1.165) is 64.3 Å². The van der Waals surface area contributed by atoms with E-state index in [-0.39, 0.29) is 56.5 Å². The van der Waals surface area contributed by atoms with Gasteiger partial charge in [-0.15, -0.1) is 0 Å². The fourth-order valence-corrected chi connectivity index (χ4v) is 6.73. The molecule has 0 saturated heterocycles. The van der Waals surface area contributed by atoms with Gasteiger partial charge in [0.2, 0.25) is 0 Å². The summed E-state index contributed by atoms with van der Waals surface area (Å²) in [7, 11) is 3.89. The van der Waals surface area contributed by atoms with Gasteiger partial charge in [-0.05, 0) is 59.2 Å². The molecule has 0 aliphatic heterocycles. The molecule has 0 aromatic heterocycles. The number of hydrogen-bond donors (Lipinski definition) is 0. The standard InChI is InChI=1S/C46H87NO8/c1-6-9-12-15-17-18-19-20-21-22-23-25-28-34-43(48)53-39-42(40-54-44(49)36-31-37-47(4)5)55-45(50)35-29-30-38-52-46(51)41(32-26-14-11-8-3)33-27-24-16-13-10-7-2/h41-42H,6-40H2,1-5H3. The van der Waals surface area contributed by atoms with Crippen molar-refractivity contribution in [2.75, 3.05) is 40.5 Å². The summed E-state index contributed by atoms with van der Waals surface area (Å²) in [4.78, 5) is 52.6. The van der Waals surface area contributed by atoms with Crippen molar-refractivity contribution in [3.05, 3.63) is 0 Å². The molecule has 0 aromatic carbocycles. The SMILES string of the molecule is CCCCCCCCCCCCCCCC(=O)OCC(COC(=O)CCCN(C)C)OC(=O)CCCCOC(=O)C(CCCCCC)CCCCCCCC. The highest BCUT2D eigenvalue weighted by molar-refractivity contribution is 5.72. The lowest BCUT2D eigenvalue weighted by atomic mass is 9.94. The molecule has 0 rings (SSSR count). The van der Waals surface area contributed by atoms with E-state index >= 15 is 0 Å². The Bertz CT molecular complexity index is 910. The van der Waals surface area contributed by atoms with Crippen LogP contribution in [0.3, 0.4) is 0 Å². The molecule has 0 aliphatic carbocycles. The average Bonchev–Trinajstić information content (AvgIpc) is 3.16. The quantitative estimate of drug-likeness (QED) is 0.0340. The zero-order valence-corrected chi connectivity index (χ0v) is 36.6. The Morgan fingerprint density at radius 1 is 0.436 bits per heavy atom. The van der Waals surface area contributed by atoms with Crippen LogP contribution in [-0.2, 0) is 38.1 Å². The first-order valence-electron chi connectivity index (χ1n) is 23.0. The van der Waals surface area contributed by atoms with Crippen molar-refractivity contribution in [2.45, 2.75) is 226 Å². The van der Waals surface area contributed by atoms with E-state index in [4.69, 9.17) is 18.9 Å². The summed E-state index contributed by atoms with van der Waals surface area (Å²) < 4.78 is 22.2. The first kappa shape index (κ1) is 52.8. The van der Waals surface area contributed by atoms with Crippen molar-refractivity contribution in [3.63, 3.8) is 0 Å². The molecule has 0 N–H and O–H groups in total. The molecule has 0 aliphatic rings. The first-order chi connectivity index (χ1) is 26.7. The van der Waals surface area contributed by atoms with Crippen molar-refractivity contribution >= 4 is 23.9 Å². The Morgan fingerprint density at radius 2 is 0.818 bits per heavy atom. The highest BCUT2D eigenvalue weighted by atomic mass is 16.6. The second-order valence-electron chi connectivity index (χ2n) is 16.1. The average molecular weight is 782 g/mol. The van der Waals surface area contributed by atoms with Crippen LogP contribution in [0.2, 0.25) is 0 Å². The number of unbranched alkanes of at least 4 members (excludes halogenated alkanes) is 21. The predicted octanol–water partition coefficient (Wildman–Crippen LogP) is 11.9. The van der Waals surface area contributed by atoms with Crippen molar-refractivity contribution in [1.29, 1.82) is 0 Å². The normalized spacial score (nSPS) is 12.4. The maximum absolute atomic E-state index is 13.0. The Labute approximate surface area is 338 Å². The topological polar surface area (TPSA) is 108 Å². The number of rotatable bonds is 41. The van der Waals surface area contributed by atoms with Gasteiger partial charge >= 0.3 is 23.9 Å². The third-order valence-electron chi connectivity index (χ3n) is 10.3. The van der Waals surface area contributed by atoms with Gasteiger partial charge in [0.15, 0.2) is 6.10 Å². The summed E-state index contributed by atoms with van der Waals surface area (Å²) in [5.41, 5.74) is 0. The van der Waals surface area contributed by atoms with Gasteiger partial charge in [-0.1, -0.05) is 162 Å². The number of nitrogens with zero attached hydrogens (tertiary/aromatic N) is 1. The van der Waals surface area contributed by atoms with Crippen molar-refractivity contribution in [1.82, 2.24) is 4.90 Å². The first-order valence-corrected chi connectivity index (χ1v) is 23.0. The van der Waals surface area contributed by atoms with Crippen LogP contribution >= 0.6 is 0 Å². The highest BCUT2D eigenvalue weighted by Crippen LogP contribution is 2.21. The van der Waals surface area contributed by atoms with E-state index in [1.54, 1.807) is 0 Å². The second-order valence-corrected chi connectivity index (χ2v) is 16.1. The molecule has 2 unspecified atom stereocenters. The highest BCUT2D eigenvalue weighted by Gasteiger charge is 2.21. The number of esters is 4. The van der Waals surface area contributed by atoms with E-state index in [0.29, 0.717) is 25.7 Å². The summed E-state index contributed by atoms with van der Waals surface area (Å²) in [6.45, 7) is 7.40. The zero-order valence-electron chi connectivity index (χ0n) is 36.6. The van der Waals surface area contributed by atoms with Gasteiger partial charge in [0.1, 0.15) is 13.2 Å². The molecule has 0 heterocycles. The third-order valence-corrected chi connectivity index (χ3v) is 10.3. The Morgan fingerprint density at radius 3 is 1.29 bits per heavy atom. The summed E-state index contributed by atoms with van der Waals surface area (Å²) in [5, 5.41) is 0. The third kappa shape index (κ3) is 37.2. The molecule has 0 fully saturated rings. The van der Waals surface area contributed by atoms with E-state index in [1.807, 2.05) is 19.0 Å². The van der Waals surface area contributed by atoms with Crippen LogP contribution in [0.25, 0.3) is 0 Å². The largest absolute Gasteiger partial charge is 0.465 e. The molecule has 2 atom stereocenters. The Balaban J connectivity index is 4.59. The minimum atomic E-state index is -0.867. The van der Waals surface area contributed by atoms with Crippen molar-refractivity contribution < 1.29 is 38.1 Å². The van der Waals surface area contributed by atoms with Crippen molar-refractivity contribution in [2.24, 2.45) is 5.92 Å². The molecular formula is C46H87NO8. The van der Waals surface area contributed by atoms with E-state index in [2.05, 4.69) is 20.8 Å². The Kier molecular flexibility index (Phi) is 38.5. The molecule has 9 nitrogen and oxygen atoms in total. The molecule has 0 radical (unpaired) electrons. The minimum absolute atomic E-state index is 0.0494. The van der Waals surface area contributed by atoms with Crippen LogP contribution in [0.1, 0.15) is 220 Å². The van der Waals surface area contributed by atoms with Crippen LogP contribution in [0, 0.1) is 5.92 Å². The minimum Gasteiger partial charge on any atom is -0.465 e. The van der Waals surface area contributed by atoms with Crippen LogP contribution < -0.4 is 0 Å². The maximum Gasteiger partial charge on any atom is 0.308 e. The monoisotopic (exact) mass is 782 g/mol. The smallest absolute Gasteiger partial charge is 0.308 e. The summed E-state index contributed by atoms with van der Waals surface area (Å²) >= 11 is 0. The van der Waals surface area contributed by atoms with E-state index in [9.17, 15) is 19.2 Å². The van der Waals surface area contributed by atoms with Crippen molar-refractivity contribution in [3.8, 4) is 0 Å². The maximum atomic E-state index is 13.0. The fourth-order valence-electron chi connectivity index (χ4n) is 6.73. The lowest BCUT2D eigenvalue weighted by Crippen LogP contribution is -2.31. The molecule has 0 bridgehead atoms. The van der Waals surface area contributed by atoms with Crippen LogP contribution in [0.15, 0.2) is 0 Å². The molecule has 0 aromatic rings.